The molecular weight excluding hydrogens is 368 g/mol. The second kappa shape index (κ2) is 10.1. The third-order valence-corrected chi connectivity index (χ3v) is 6.15. The first kappa shape index (κ1) is 20.9. The molecule has 2 saturated heterocycles. The van der Waals surface area contributed by atoms with E-state index in [4.69, 9.17) is 0 Å². The van der Waals surface area contributed by atoms with Gasteiger partial charge in [-0.25, -0.2) is 0 Å². The van der Waals surface area contributed by atoms with Crippen molar-refractivity contribution in [2.75, 3.05) is 0 Å². The molecule has 4 heteroatoms. The first-order valence-corrected chi connectivity index (χ1v) is 10.4. The lowest BCUT2D eigenvalue weighted by atomic mass is 9.89. The van der Waals surface area contributed by atoms with E-state index >= 15 is 0 Å². The molecule has 2 fully saturated rings. The molecule has 3 atom stereocenters. The highest BCUT2D eigenvalue weighted by Gasteiger charge is 2.34. The van der Waals surface area contributed by atoms with Crippen LogP contribution in [0.1, 0.15) is 55.7 Å². The van der Waals surface area contributed by atoms with Gasteiger partial charge in [0.05, 0.1) is 6.04 Å². The van der Waals surface area contributed by atoms with E-state index in [9.17, 15) is 4.79 Å². The van der Waals surface area contributed by atoms with Gasteiger partial charge in [0, 0.05) is 18.5 Å². The van der Waals surface area contributed by atoms with Crippen LogP contribution in [0.4, 0.5) is 0 Å². The third-order valence-electron chi connectivity index (χ3n) is 6.15. The lowest BCUT2D eigenvalue weighted by molar-refractivity contribution is -0.123. The van der Waals surface area contributed by atoms with Crippen LogP contribution in [-0.2, 0) is 11.2 Å². The number of rotatable bonds is 7. The first-order chi connectivity index (χ1) is 13.3. The molecule has 2 heterocycles. The maximum atomic E-state index is 12.8. The first-order valence-electron chi connectivity index (χ1n) is 10.4. The van der Waals surface area contributed by atoms with Gasteiger partial charge in [0.2, 0.25) is 5.91 Å². The molecule has 0 saturated carbocycles. The number of carbonyl (C=O) groups is 1. The average molecular weight is 399 g/mol. The Kier molecular flexibility index (Phi) is 7.52. The summed E-state index contributed by atoms with van der Waals surface area (Å²) in [7, 11) is 0. The minimum atomic E-state index is 0. The third kappa shape index (κ3) is 5.59. The van der Waals surface area contributed by atoms with Crippen molar-refractivity contribution in [1.29, 1.82) is 0 Å². The quantitative estimate of drug-likeness (QED) is 0.702. The number of amides is 1. The Bertz CT molecular complexity index is 725. The van der Waals surface area contributed by atoms with E-state index in [1.807, 2.05) is 12.1 Å². The van der Waals surface area contributed by atoms with Gasteiger partial charge < -0.3 is 10.6 Å². The number of nitrogens with one attached hydrogen (secondary N) is 2. The molecule has 4 rings (SSSR count). The Morgan fingerprint density at radius 1 is 0.964 bits per heavy atom. The molecule has 0 radical (unpaired) electrons. The van der Waals surface area contributed by atoms with Crippen molar-refractivity contribution in [3.05, 3.63) is 71.8 Å². The van der Waals surface area contributed by atoms with Crippen LogP contribution in [0.5, 0.6) is 0 Å². The van der Waals surface area contributed by atoms with Crippen molar-refractivity contribution in [2.24, 2.45) is 5.92 Å². The zero-order valence-electron chi connectivity index (χ0n) is 16.3. The maximum Gasteiger partial charge on any atom is 0.220 e. The smallest absolute Gasteiger partial charge is 0.220 e. The van der Waals surface area contributed by atoms with Crippen LogP contribution >= 0.6 is 12.4 Å². The highest BCUT2D eigenvalue weighted by Crippen LogP contribution is 2.33. The van der Waals surface area contributed by atoms with Crippen LogP contribution in [0, 0.1) is 5.92 Å². The van der Waals surface area contributed by atoms with Crippen LogP contribution in [0.15, 0.2) is 60.7 Å². The van der Waals surface area contributed by atoms with E-state index in [0.717, 1.165) is 25.7 Å². The number of hydrogen-bond donors (Lipinski definition) is 2. The van der Waals surface area contributed by atoms with Crippen LogP contribution in [-0.4, -0.2) is 18.0 Å². The molecule has 0 aromatic heterocycles. The van der Waals surface area contributed by atoms with Gasteiger partial charge in [0.25, 0.3) is 0 Å². The number of halogens is 1. The Labute approximate surface area is 174 Å². The van der Waals surface area contributed by atoms with Gasteiger partial charge >= 0.3 is 0 Å². The number of piperidine rings is 1. The summed E-state index contributed by atoms with van der Waals surface area (Å²) in [6.07, 6.45) is 7.45. The SMILES string of the molecule is Cl.O=C(CC1CC2CCC(C1)N2)NC(CCc1ccccc1)c1ccccc1. The fraction of sp³-hybridized carbons (Fsp3) is 0.458. The van der Waals surface area contributed by atoms with Crippen LogP contribution in [0.25, 0.3) is 0 Å². The summed E-state index contributed by atoms with van der Waals surface area (Å²) in [5.74, 6) is 0.748. The van der Waals surface area contributed by atoms with E-state index in [1.165, 1.54) is 24.0 Å². The molecule has 150 valence electrons. The largest absolute Gasteiger partial charge is 0.349 e. The van der Waals surface area contributed by atoms with Gasteiger partial charge in [-0.05, 0) is 55.6 Å². The fourth-order valence-electron chi connectivity index (χ4n) is 4.82. The van der Waals surface area contributed by atoms with Crippen molar-refractivity contribution in [3.63, 3.8) is 0 Å². The van der Waals surface area contributed by atoms with Gasteiger partial charge in [0.1, 0.15) is 0 Å². The summed E-state index contributed by atoms with van der Waals surface area (Å²) in [5.41, 5.74) is 2.52. The normalized spacial score (nSPS) is 24.2. The molecule has 2 aromatic carbocycles. The number of benzene rings is 2. The predicted molar refractivity (Wildman–Crippen MR) is 117 cm³/mol. The molecule has 3 nitrogen and oxygen atoms in total. The van der Waals surface area contributed by atoms with E-state index in [-0.39, 0.29) is 24.4 Å². The Morgan fingerprint density at radius 2 is 1.57 bits per heavy atom. The van der Waals surface area contributed by atoms with Crippen LogP contribution in [0.2, 0.25) is 0 Å². The molecule has 0 spiro atoms. The minimum Gasteiger partial charge on any atom is -0.349 e. The monoisotopic (exact) mass is 398 g/mol. The Morgan fingerprint density at radius 3 is 2.21 bits per heavy atom. The highest BCUT2D eigenvalue weighted by molar-refractivity contribution is 5.85. The molecule has 2 aromatic rings. The van der Waals surface area contributed by atoms with Crippen LogP contribution < -0.4 is 10.6 Å². The summed E-state index contributed by atoms with van der Waals surface area (Å²) in [6, 6.07) is 22.3. The van der Waals surface area contributed by atoms with E-state index in [2.05, 4.69) is 59.2 Å². The fourth-order valence-corrected chi connectivity index (χ4v) is 4.82. The van der Waals surface area contributed by atoms with Crippen molar-refractivity contribution in [2.45, 2.75) is 63.1 Å². The summed E-state index contributed by atoms with van der Waals surface area (Å²) in [6.45, 7) is 0. The van der Waals surface area contributed by atoms with E-state index < -0.39 is 0 Å². The molecule has 3 unspecified atom stereocenters. The molecule has 0 aliphatic carbocycles. The number of aryl methyl sites for hydroxylation is 1. The van der Waals surface area contributed by atoms with E-state index in [0.29, 0.717) is 24.4 Å². The number of carbonyl (C=O) groups excluding carboxylic acids is 1. The number of hydrogen-bond acceptors (Lipinski definition) is 2. The standard InChI is InChI=1S/C24H30N2O.ClH/c27-24(17-19-15-21-12-13-22(16-19)25-21)26-23(20-9-5-2-6-10-20)14-11-18-7-3-1-4-8-18;/h1-10,19,21-23,25H,11-17H2,(H,26,27);1H. The van der Waals surface area contributed by atoms with Gasteiger partial charge in [-0.1, -0.05) is 60.7 Å². The topological polar surface area (TPSA) is 41.1 Å². The summed E-state index contributed by atoms with van der Waals surface area (Å²) in [5, 5.41) is 7.01. The van der Waals surface area contributed by atoms with E-state index in [1.54, 1.807) is 0 Å². The molecule has 2 aliphatic heterocycles. The average Bonchev–Trinajstić information content (AvgIpc) is 3.04. The number of fused-ring (bicyclic) bond motifs is 2. The highest BCUT2D eigenvalue weighted by atomic mass is 35.5. The minimum absolute atomic E-state index is 0. The zero-order chi connectivity index (χ0) is 18.5. The van der Waals surface area contributed by atoms with Gasteiger partial charge in [-0.3, -0.25) is 4.79 Å². The molecule has 2 aliphatic rings. The predicted octanol–water partition coefficient (Wildman–Crippen LogP) is 4.82. The van der Waals surface area contributed by atoms with Gasteiger partial charge in [-0.2, -0.15) is 0 Å². The Balaban J connectivity index is 0.00000225. The molecule has 1 amide bonds. The molecule has 2 N–H and O–H groups in total. The second-order valence-electron chi connectivity index (χ2n) is 8.23. The van der Waals surface area contributed by atoms with Gasteiger partial charge in [0.15, 0.2) is 0 Å². The maximum absolute atomic E-state index is 12.8. The second-order valence-corrected chi connectivity index (χ2v) is 8.23. The van der Waals surface area contributed by atoms with Crippen molar-refractivity contribution in [1.82, 2.24) is 10.6 Å². The lowest BCUT2D eigenvalue weighted by Gasteiger charge is -2.29. The zero-order valence-corrected chi connectivity index (χ0v) is 17.2. The summed E-state index contributed by atoms with van der Waals surface area (Å²) in [4.78, 5) is 12.8. The van der Waals surface area contributed by atoms with Gasteiger partial charge in [-0.15, -0.1) is 12.4 Å². The molecule has 2 bridgehead atoms. The summed E-state index contributed by atoms with van der Waals surface area (Å²) < 4.78 is 0. The van der Waals surface area contributed by atoms with Crippen molar-refractivity contribution >= 4 is 18.3 Å². The summed E-state index contributed by atoms with van der Waals surface area (Å²) >= 11 is 0. The van der Waals surface area contributed by atoms with Crippen LogP contribution in [0.3, 0.4) is 0 Å². The Hall–Kier alpha value is -1.84. The lowest BCUT2D eigenvalue weighted by Crippen LogP contribution is -2.40. The van der Waals surface area contributed by atoms with Crippen molar-refractivity contribution < 1.29 is 4.79 Å². The molecular formula is C24H31ClN2O. The van der Waals surface area contributed by atoms with Crippen molar-refractivity contribution in [3.8, 4) is 0 Å². The molecule has 28 heavy (non-hydrogen) atoms.